The Kier molecular flexibility index (Phi) is 7.15. The van der Waals surface area contributed by atoms with Gasteiger partial charge in [0.05, 0.1) is 4.90 Å². The van der Waals surface area contributed by atoms with Gasteiger partial charge in [0, 0.05) is 51.4 Å². The van der Waals surface area contributed by atoms with Gasteiger partial charge in [-0.05, 0) is 37.5 Å². The molecule has 1 aromatic carbocycles. The molecule has 1 unspecified atom stereocenters. The summed E-state index contributed by atoms with van der Waals surface area (Å²) in [5, 5.41) is 0. The summed E-state index contributed by atoms with van der Waals surface area (Å²) in [6, 6.07) is 4.83. The van der Waals surface area contributed by atoms with Crippen LogP contribution < -0.4 is 0 Å². The normalized spacial score (nSPS) is 20.1. The van der Waals surface area contributed by atoms with Crippen LogP contribution in [0.4, 0.5) is 0 Å². The van der Waals surface area contributed by atoms with Crippen LogP contribution in [0.1, 0.15) is 42.6 Å². The van der Waals surface area contributed by atoms with Crippen molar-refractivity contribution < 1.29 is 22.7 Å². The summed E-state index contributed by atoms with van der Waals surface area (Å²) < 4.78 is 32.8. The second-order valence-corrected chi connectivity index (χ2v) is 9.60. The molecule has 0 aromatic heterocycles. The van der Waals surface area contributed by atoms with Gasteiger partial charge in [0.1, 0.15) is 6.10 Å². The fraction of sp³-hybridized carbons (Fsp3) is 0.619. The molecule has 1 aromatic rings. The van der Waals surface area contributed by atoms with E-state index in [1.54, 1.807) is 42.7 Å². The average molecular weight is 438 g/mol. The van der Waals surface area contributed by atoms with Crippen molar-refractivity contribution in [2.45, 2.75) is 44.6 Å². The summed E-state index contributed by atoms with van der Waals surface area (Å²) in [6.45, 7) is 8.45. The monoisotopic (exact) mass is 437 g/mol. The Balaban J connectivity index is 1.71. The molecule has 2 amide bonds. The van der Waals surface area contributed by atoms with Gasteiger partial charge in [-0.3, -0.25) is 9.59 Å². The summed E-state index contributed by atoms with van der Waals surface area (Å²) in [5.41, 5.74) is 0.968. The molecule has 166 valence electrons. The third-order valence-electron chi connectivity index (χ3n) is 5.84. The van der Waals surface area contributed by atoms with Crippen LogP contribution in [-0.2, 0) is 19.6 Å². The van der Waals surface area contributed by atoms with Crippen LogP contribution in [0.15, 0.2) is 23.1 Å². The number of hydrogen-bond acceptors (Lipinski definition) is 5. The van der Waals surface area contributed by atoms with Gasteiger partial charge in [-0.2, -0.15) is 4.31 Å². The van der Waals surface area contributed by atoms with E-state index >= 15 is 0 Å². The number of carbonyl (C=O) groups excluding carboxylic acids is 2. The number of carbonyl (C=O) groups is 2. The van der Waals surface area contributed by atoms with Crippen LogP contribution in [-0.4, -0.2) is 86.3 Å². The molecule has 0 bridgehead atoms. The summed E-state index contributed by atoms with van der Waals surface area (Å²) in [4.78, 5) is 29.1. The molecule has 0 radical (unpaired) electrons. The van der Waals surface area contributed by atoms with E-state index in [9.17, 15) is 18.0 Å². The first kappa shape index (κ1) is 22.7. The van der Waals surface area contributed by atoms with Crippen molar-refractivity contribution in [3.8, 4) is 0 Å². The highest BCUT2D eigenvalue weighted by Crippen LogP contribution is 2.23. The number of rotatable bonds is 6. The molecule has 2 aliphatic rings. The number of hydrogen-bond donors (Lipinski definition) is 0. The van der Waals surface area contributed by atoms with Crippen LogP contribution in [0.5, 0.6) is 0 Å². The molecule has 8 nitrogen and oxygen atoms in total. The Hall–Kier alpha value is -1.97. The van der Waals surface area contributed by atoms with E-state index in [4.69, 9.17) is 4.74 Å². The molecule has 30 heavy (non-hydrogen) atoms. The first-order valence-corrected chi connectivity index (χ1v) is 12.0. The van der Waals surface area contributed by atoms with Gasteiger partial charge in [0.2, 0.25) is 10.0 Å². The Labute approximate surface area is 178 Å². The van der Waals surface area contributed by atoms with Gasteiger partial charge in [0.15, 0.2) is 0 Å². The van der Waals surface area contributed by atoms with Crippen LogP contribution >= 0.6 is 0 Å². The van der Waals surface area contributed by atoms with E-state index < -0.39 is 10.0 Å². The number of benzene rings is 1. The highest BCUT2D eigenvalue weighted by molar-refractivity contribution is 7.89. The summed E-state index contributed by atoms with van der Waals surface area (Å²) in [5.74, 6) is -0.210. The number of nitrogens with zero attached hydrogens (tertiary/aromatic N) is 3. The lowest BCUT2D eigenvalue weighted by atomic mass is 10.1. The van der Waals surface area contributed by atoms with Gasteiger partial charge in [-0.15, -0.1) is 0 Å². The molecule has 0 spiro atoms. The van der Waals surface area contributed by atoms with E-state index in [1.807, 2.05) is 0 Å². The zero-order chi connectivity index (χ0) is 21.9. The Morgan fingerprint density at radius 2 is 1.73 bits per heavy atom. The second kappa shape index (κ2) is 9.45. The third kappa shape index (κ3) is 4.53. The van der Waals surface area contributed by atoms with Crippen LogP contribution in [0.3, 0.4) is 0 Å². The molecule has 0 aliphatic carbocycles. The minimum atomic E-state index is -3.65. The second-order valence-electron chi connectivity index (χ2n) is 7.69. The number of ether oxygens (including phenoxy) is 1. The molecule has 9 heteroatoms. The molecule has 2 heterocycles. The smallest absolute Gasteiger partial charge is 0.254 e. The quantitative estimate of drug-likeness (QED) is 0.673. The third-order valence-corrected chi connectivity index (χ3v) is 8.03. The minimum Gasteiger partial charge on any atom is -0.368 e. The summed E-state index contributed by atoms with van der Waals surface area (Å²) in [7, 11) is -3.65. The van der Waals surface area contributed by atoms with E-state index in [0.29, 0.717) is 57.0 Å². The summed E-state index contributed by atoms with van der Waals surface area (Å²) >= 11 is 0. The zero-order valence-corrected chi connectivity index (χ0v) is 18.8. The van der Waals surface area contributed by atoms with Crippen molar-refractivity contribution in [2.75, 3.05) is 45.9 Å². The molecule has 0 saturated carbocycles. The van der Waals surface area contributed by atoms with E-state index in [0.717, 1.165) is 12.8 Å². The molecule has 2 fully saturated rings. The standard InChI is InChI=1S/C21H31N3O5S/c1-4-24(5-2)30(27,28)19-15-17(9-8-16(19)3)20(25)22-10-12-23(13-11-22)21(26)18-7-6-14-29-18/h8-9,15,18H,4-7,10-14H2,1-3H3. The molecule has 2 aliphatic heterocycles. The van der Waals surface area contributed by atoms with Crippen molar-refractivity contribution in [1.29, 1.82) is 0 Å². The van der Waals surface area contributed by atoms with Gasteiger partial charge < -0.3 is 14.5 Å². The Bertz CT molecular complexity index is 884. The lowest BCUT2D eigenvalue weighted by Gasteiger charge is -2.35. The van der Waals surface area contributed by atoms with Crippen LogP contribution in [0, 0.1) is 6.92 Å². The maximum atomic E-state index is 13.0. The average Bonchev–Trinajstić information content (AvgIpc) is 3.28. The van der Waals surface area contributed by atoms with E-state index in [2.05, 4.69) is 0 Å². The van der Waals surface area contributed by atoms with Crippen molar-refractivity contribution in [2.24, 2.45) is 0 Å². The van der Waals surface area contributed by atoms with Gasteiger partial charge in [-0.25, -0.2) is 8.42 Å². The molecule has 2 saturated heterocycles. The fourth-order valence-corrected chi connectivity index (χ4v) is 5.71. The van der Waals surface area contributed by atoms with Gasteiger partial charge in [-0.1, -0.05) is 19.9 Å². The molecule has 3 rings (SSSR count). The number of sulfonamides is 1. The Morgan fingerprint density at radius 3 is 2.30 bits per heavy atom. The van der Waals surface area contributed by atoms with Crippen molar-refractivity contribution in [3.05, 3.63) is 29.3 Å². The van der Waals surface area contributed by atoms with E-state index in [1.165, 1.54) is 10.4 Å². The minimum absolute atomic E-state index is 0.00235. The molecule has 0 N–H and O–H groups in total. The number of piperazine rings is 1. The zero-order valence-electron chi connectivity index (χ0n) is 18.0. The largest absolute Gasteiger partial charge is 0.368 e. The number of aryl methyl sites for hydroxylation is 1. The van der Waals surface area contributed by atoms with Crippen LogP contribution in [0.2, 0.25) is 0 Å². The SMILES string of the molecule is CCN(CC)S(=O)(=O)c1cc(C(=O)N2CCN(C(=O)C3CCCO3)CC2)ccc1C. The van der Waals surface area contributed by atoms with Gasteiger partial charge in [0.25, 0.3) is 11.8 Å². The Morgan fingerprint density at radius 1 is 1.10 bits per heavy atom. The maximum Gasteiger partial charge on any atom is 0.254 e. The van der Waals surface area contributed by atoms with Crippen molar-refractivity contribution in [1.82, 2.24) is 14.1 Å². The first-order chi connectivity index (χ1) is 14.3. The lowest BCUT2D eigenvalue weighted by molar-refractivity contribution is -0.142. The topological polar surface area (TPSA) is 87.2 Å². The summed E-state index contributed by atoms with van der Waals surface area (Å²) in [6.07, 6.45) is 1.31. The molecular formula is C21H31N3O5S. The highest BCUT2D eigenvalue weighted by atomic mass is 32.2. The highest BCUT2D eigenvalue weighted by Gasteiger charge is 2.32. The molecule has 1 atom stereocenters. The fourth-order valence-electron chi connectivity index (χ4n) is 4.00. The maximum absolute atomic E-state index is 13.0. The lowest BCUT2D eigenvalue weighted by Crippen LogP contribution is -2.52. The van der Waals surface area contributed by atoms with Crippen molar-refractivity contribution in [3.63, 3.8) is 0 Å². The number of amides is 2. The van der Waals surface area contributed by atoms with E-state index in [-0.39, 0.29) is 22.8 Å². The van der Waals surface area contributed by atoms with Gasteiger partial charge >= 0.3 is 0 Å². The predicted octanol–water partition coefficient (Wildman–Crippen LogP) is 1.49. The molecular weight excluding hydrogens is 406 g/mol. The van der Waals surface area contributed by atoms with Crippen molar-refractivity contribution >= 4 is 21.8 Å². The first-order valence-electron chi connectivity index (χ1n) is 10.6. The predicted molar refractivity (Wildman–Crippen MR) is 113 cm³/mol. The van der Waals surface area contributed by atoms with Crippen LogP contribution in [0.25, 0.3) is 0 Å².